The third-order valence-corrected chi connectivity index (χ3v) is 3.63. The molecule has 21 heavy (non-hydrogen) atoms. The van der Waals surface area contributed by atoms with Gasteiger partial charge in [0.15, 0.2) is 0 Å². The van der Waals surface area contributed by atoms with Crippen LogP contribution in [0.4, 0.5) is 0 Å². The third-order valence-electron chi connectivity index (χ3n) is 3.63. The lowest BCUT2D eigenvalue weighted by molar-refractivity contribution is 0.0936. The molecular formula is C16H14N4O. The smallest absolute Gasteiger partial charge is 0.251 e. The molecule has 1 amide bonds. The van der Waals surface area contributed by atoms with E-state index in [2.05, 4.69) is 21.4 Å². The van der Waals surface area contributed by atoms with Crippen molar-refractivity contribution in [3.05, 3.63) is 58.7 Å². The fraction of sp³-hybridized carbons (Fsp3) is 0.250. The van der Waals surface area contributed by atoms with E-state index in [4.69, 9.17) is 5.26 Å². The van der Waals surface area contributed by atoms with Crippen LogP contribution in [0, 0.1) is 18.3 Å². The second-order valence-electron chi connectivity index (χ2n) is 5.13. The molecule has 0 aromatic carbocycles. The monoisotopic (exact) mass is 278 g/mol. The Bertz CT molecular complexity index is 748. The molecule has 0 saturated heterocycles. The van der Waals surface area contributed by atoms with Gasteiger partial charge in [-0.15, -0.1) is 0 Å². The van der Waals surface area contributed by atoms with E-state index in [0.29, 0.717) is 11.1 Å². The topological polar surface area (TPSA) is 78.7 Å². The Morgan fingerprint density at radius 3 is 3.05 bits per heavy atom. The molecule has 5 nitrogen and oxygen atoms in total. The number of hydrogen-bond acceptors (Lipinski definition) is 4. The van der Waals surface area contributed by atoms with Gasteiger partial charge in [-0.1, -0.05) is 0 Å². The molecule has 1 aliphatic carbocycles. The van der Waals surface area contributed by atoms with Gasteiger partial charge in [0.2, 0.25) is 0 Å². The molecule has 0 aliphatic heterocycles. The Morgan fingerprint density at radius 1 is 1.43 bits per heavy atom. The van der Waals surface area contributed by atoms with Gasteiger partial charge >= 0.3 is 0 Å². The van der Waals surface area contributed by atoms with Crippen molar-refractivity contribution in [1.82, 2.24) is 15.3 Å². The summed E-state index contributed by atoms with van der Waals surface area (Å²) in [6.45, 7) is 1.85. The molecule has 0 fully saturated rings. The second-order valence-corrected chi connectivity index (χ2v) is 5.13. The Hall–Kier alpha value is -2.74. The molecule has 104 valence electrons. The summed E-state index contributed by atoms with van der Waals surface area (Å²) in [5.74, 6) is -0.121. The van der Waals surface area contributed by atoms with Crippen molar-refractivity contribution < 1.29 is 4.79 Å². The maximum Gasteiger partial charge on any atom is 0.251 e. The molecule has 2 aromatic rings. The maximum absolute atomic E-state index is 12.3. The number of nitrogens with one attached hydrogen (secondary N) is 1. The highest BCUT2D eigenvalue weighted by atomic mass is 16.1. The van der Waals surface area contributed by atoms with Gasteiger partial charge in [-0.3, -0.25) is 14.8 Å². The van der Waals surface area contributed by atoms with Gasteiger partial charge < -0.3 is 5.32 Å². The zero-order valence-corrected chi connectivity index (χ0v) is 11.6. The van der Waals surface area contributed by atoms with Crippen LogP contribution in [-0.4, -0.2) is 15.9 Å². The molecule has 0 saturated carbocycles. The van der Waals surface area contributed by atoms with Crippen LogP contribution in [0.3, 0.4) is 0 Å². The number of fused-ring (bicyclic) bond motifs is 1. The van der Waals surface area contributed by atoms with Gasteiger partial charge in [0.05, 0.1) is 17.3 Å². The highest BCUT2D eigenvalue weighted by molar-refractivity contribution is 5.94. The second kappa shape index (κ2) is 5.33. The Kier molecular flexibility index (Phi) is 3.36. The van der Waals surface area contributed by atoms with E-state index in [0.717, 1.165) is 29.8 Å². The van der Waals surface area contributed by atoms with Crippen molar-refractivity contribution in [3.8, 4) is 6.07 Å². The number of aromatic nitrogens is 2. The van der Waals surface area contributed by atoms with Crippen molar-refractivity contribution in [2.75, 3.05) is 0 Å². The van der Waals surface area contributed by atoms with E-state index in [-0.39, 0.29) is 11.9 Å². The zero-order valence-electron chi connectivity index (χ0n) is 11.6. The van der Waals surface area contributed by atoms with Gasteiger partial charge in [-0.2, -0.15) is 5.26 Å². The van der Waals surface area contributed by atoms with Crippen LogP contribution >= 0.6 is 0 Å². The van der Waals surface area contributed by atoms with Gasteiger partial charge in [0.1, 0.15) is 6.07 Å². The van der Waals surface area contributed by atoms with Crippen molar-refractivity contribution in [2.45, 2.75) is 25.8 Å². The van der Waals surface area contributed by atoms with E-state index >= 15 is 0 Å². The number of rotatable bonds is 2. The summed E-state index contributed by atoms with van der Waals surface area (Å²) >= 11 is 0. The lowest BCUT2D eigenvalue weighted by Gasteiger charge is -2.13. The first kappa shape index (κ1) is 13.3. The zero-order chi connectivity index (χ0) is 14.8. The Labute approximate surface area is 122 Å². The van der Waals surface area contributed by atoms with Gasteiger partial charge in [-0.05, 0) is 43.5 Å². The third kappa shape index (κ3) is 2.61. The standard InChI is InChI=1S/C16H14N4O/c1-10-6-13(4-5-18-10)16(21)20-14-3-2-12-7-11(8-17)9-19-15(12)14/h4-7,9,14H,2-3H2,1H3,(H,20,21). The lowest BCUT2D eigenvalue weighted by atomic mass is 10.1. The van der Waals surface area contributed by atoms with Crippen LogP contribution in [0.2, 0.25) is 0 Å². The largest absolute Gasteiger partial charge is 0.344 e. The summed E-state index contributed by atoms with van der Waals surface area (Å²) in [5, 5.41) is 11.9. The minimum absolute atomic E-state index is 0.0892. The molecule has 3 rings (SSSR count). The van der Waals surface area contributed by atoms with E-state index in [1.165, 1.54) is 0 Å². The van der Waals surface area contributed by atoms with Crippen LogP contribution in [0.15, 0.2) is 30.6 Å². The van der Waals surface area contributed by atoms with Gasteiger partial charge in [0, 0.05) is 23.7 Å². The first-order valence-electron chi connectivity index (χ1n) is 6.80. The van der Waals surface area contributed by atoms with Crippen molar-refractivity contribution in [2.24, 2.45) is 0 Å². The van der Waals surface area contributed by atoms with E-state index < -0.39 is 0 Å². The fourth-order valence-corrected chi connectivity index (χ4v) is 2.60. The lowest BCUT2D eigenvalue weighted by Crippen LogP contribution is -2.27. The predicted molar refractivity (Wildman–Crippen MR) is 76.5 cm³/mol. The molecule has 2 aromatic heterocycles. The summed E-state index contributed by atoms with van der Waals surface area (Å²) in [5.41, 5.74) is 3.89. The molecule has 1 aliphatic rings. The highest BCUT2D eigenvalue weighted by Crippen LogP contribution is 2.29. The predicted octanol–water partition coefficient (Wildman–Crippen LogP) is 2.07. The molecule has 1 unspecified atom stereocenters. The molecule has 1 atom stereocenters. The summed E-state index contributed by atoms with van der Waals surface area (Å²) in [6, 6.07) is 7.31. The Balaban J connectivity index is 1.79. The number of hydrogen-bond donors (Lipinski definition) is 1. The number of pyridine rings is 2. The fourth-order valence-electron chi connectivity index (χ4n) is 2.60. The SMILES string of the molecule is Cc1cc(C(=O)NC2CCc3cc(C#N)cnc32)ccn1. The number of carbonyl (C=O) groups is 1. The molecule has 0 radical (unpaired) electrons. The van der Waals surface area contributed by atoms with E-state index in [9.17, 15) is 4.79 Å². The van der Waals surface area contributed by atoms with Crippen molar-refractivity contribution in [3.63, 3.8) is 0 Å². The minimum atomic E-state index is -0.121. The maximum atomic E-state index is 12.3. The highest BCUT2D eigenvalue weighted by Gasteiger charge is 2.26. The quantitative estimate of drug-likeness (QED) is 0.912. The van der Waals surface area contributed by atoms with Crippen LogP contribution < -0.4 is 5.32 Å². The van der Waals surface area contributed by atoms with Crippen LogP contribution in [0.1, 0.15) is 45.3 Å². The van der Waals surface area contributed by atoms with Crippen LogP contribution in [-0.2, 0) is 6.42 Å². The van der Waals surface area contributed by atoms with Crippen molar-refractivity contribution >= 4 is 5.91 Å². The number of amides is 1. The number of nitriles is 1. The first-order chi connectivity index (χ1) is 10.2. The van der Waals surface area contributed by atoms with Crippen molar-refractivity contribution in [1.29, 1.82) is 5.26 Å². The molecule has 0 bridgehead atoms. The number of carbonyl (C=O) groups excluding carboxylic acids is 1. The summed E-state index contributed by atoms with van der Waals surface area (Å²) < 4.78 is 0. The summed E-state index contributed by atoms with van der Waals surface area (Å²) in [4.78, 5) is 20.7. The first-order valence-corrected chi connectivity index (χ1v) is 6.80. The Morgan fingerprint density at radius 2 is 2.29 bits per heavy atom. The van der Waals surface area contributed by atoms with Gasteiger partial charge in [-0.25, -0.2) is 0 Å². The molecule has 2 heterocycles. The van der Waals surface area contributed by atoms with Crippen LogP contribution in [0.5, 0.6) is 0 Å². The molecule has 5 heteroatoms. The normalized spacial score (nSPS) is 16.1. The average Bonchev–Trinajstić information content (AvgIpc) is 2.89. The van der Waals surface area contributed by atoms with E-state index in [1.807, 2.05) is 13.0 Å². The number of aryl methyl sites for hydroxylation is 2. The summed E-state index contributed by atoms with van der Waals surface area (Å²) in [6.07, 6.45) is 4.83. The van der Waals surface area contributed by atoms with Crippen LogP contribution in [0.25, 0.3) is 0 Å². The number of nitrogens with zero attached hydrogens (tertiary/aromatic N) is 3. The average molecular weight is 278 g/mol. The van der Waals surface area contributed by atoms with E-state index in [1.54, 1.807) is 24.5 Å². The minimum Gasteiger partial charge on any atom is -0.344 e. The molecular weight excluding hydrogens is 264 g/mol. The summed E-state index contributed by atoms with van der Waals surface area (Å²) in [7, 11) is 0. The molecule has 0 spiro atoms. The van der Waals surface area contributed by atoms with Gasteiger partial charge in [0.25, 0.3) is 5.91 Å². The molecule has 1 N–H and O–H groups in total.